The molecule has 0 fully saturated rings. The molecule has 108 valence electrons. The Kier molecular flexibility index (Phi) is 4.17. The van der Waals surface area contributed by atoms with Crippen molar-refractivity contribution in [1.29, 1.82) is 0 Å². The van der Waals surface area contributed by atoms with Crippen LogP contribution in [0.3, 0.4) is 0 Å². The first-order valence-corrected chi connectivity index (χ1v) is 6.51. The SMILES string of the molecule is COc1cc(NCc2c(C)nn(C)c2C)cc(OC)c1. The maximum absolute atomic E-state index is 5.26. The second kappa shape index (κ2) is 5.86. The molecule has 0 spiro atoms. The van der Waals surface area contributed by atoms with Crippen LogP contribution in [0.25, 0.3) is 0 Å². The lowest BCUT2D eigenvalue weighted by Gasteiger charge is -2.11. The van der Waals surface area contributed by atoms with Crippen LogP contribution in [0.1, 0.15) is 17.0 Å². The van der Waals surface area contributed by atoms with Crippen molar-refractivity contribution in [3.63, 3.8) is 0 Å². The van der Waals surface area contributed by atoms with E-state index in [9.17, 15) is 0 Å². The fourth-order valence-electron chi connectivity index (χ4n) is 2.17. The molecule has 1 aromatic carbocycles. The van der Waals surface area contributed by atoms with E-state index in [0.717, 1.165) is 29.4 Å². The molecule has 0 radical (unpaired) electrons. The van der Waals surface area contributed by atoms with Gasteiger partial charge in [0, 0.05) is 48.7 Å². The zero-order chi connectivity index (χ0) is 14.7. The molecule has 0 amide bonds. The molecule has 0 unspecified atom stereocenters. The van der Waals surface area contributed by atoms with Crippen LogP contribution in [0.4, 0.5) is 5.69 Å². The average Bonchev–Trinajstić information content (AvgIpc) is 2.69. The molecule has 0 aliphatic carbocycles. The zero-order valence-corrected chi connectivity index (χ0v) is 12.7. The van der Waals surface area contributed by atoms with Crippen LogP contribution >= 0.6 is 0 Å². The number of anilines is 1. The Morgan fingerprint density at radius 3 is 2.15 bits per heavy atom. The van der Waals surface area contributed by atoms with Crippen molar-refractivity contribution in [2.24, 2.45) is 7.05 Å². The molecule has 20 heavy (non-hydrogen) atoms. The molecule has 0 saturated heterocycles. The van der Waals surface area contributed by atoms with Crippen molar-refractivity contribution in [1.82, 2.24) is 9.78 Å². The van der Waals surface area contributed by atoms with Crippen molar-refractivity contribution in [2.45, 2.75) is 20.4 Å². The maximum Gasteiger partial charge on any atom is 0.124 e. The van der Waals surface area contributed by atoms with E-state index in [1.165, 1.54) is 11.3 Å². The molecule has 0 saturated carbocycles. The number of hydrogen-bond donors (Lipinski definition) is 1. The summed E-state index contributed by atoms with van der Waals surface area (Å²) in [5.41, 5.74) is 4.40. The summed E-state index contributed by atoms with van der Waals surface area (Å²) in [7, 11) is 5.25. The lowest BCUT2D eigenvalue weighted by Crippen LogP contribution is -2.03. The first-order chi connectivity index (χ1) is 9.55. The van der Waals surface area contributed by atoms with Gasteiger partial charge in [0.05, 0.1) is 19.9 Å². The van der Waals surface area contributed by atoms with Gasteiger partial charge in [-0.2, -0.15) is 5.10 Å². The smallest absolute Gasteiger partial charge is 0.124 e. The van der Waals surface area contributed by atoms with Gasteiger partial charge in [0.15, 0.2) is 0 Å². The summed E-state index contributed by atoms with van der Waals surface area (Å²) in [5, 5.41) is 7.81. The van der Waals surface area contributed by atoms with Crippen molar-refractivity contribution < 1.29 is 9.47 Å². The van der Waals surface area contributed by atoms with Crippen molar-refractivity contribution in [2.75, 3.05) is 19.5 Å². The number of aryl methyl sites for hydroxylation is 2. The molecule has 2 aromatic rings. The molecule has 5 heteroatoms. The summed E-state index contributed by atoms with van der Waals surface area (Å²) in [6.45, 7) is 4.82. The minimum Gasteiger partial charge on any atom is -0.497 e. The molecular weight excluding hydrogens is 254 g/mol. The van der Waals surface area contributed by atoms with E-state index < -0.39 is 0 Å². The molecule has 1 N–H and O–H groups in total. The van der Waals surface area contributed by atoms with Gasteiger partial charge in [0.1, 0.15) is 11.5 Å². The van der Waals surface area contributed by atoms with Crippen LogP contribution < -0.4 is 14.8 Å². The first kappa shape index (κ1) is 14.2. The topological polar surface area (TPSA) is 48.3 Å². The summed E-state index contributed by atoms with van der Waals surface area (Å²) in [4.78, 5) is 0. The molecule has 1 aromatic heterocycles. The number of hydrogen-bond acceptors (Lipinski definition) is 4. The van der Waals surface area contributed by atoms with Gasteiger partial charge in [0.2, 0.25) is 0 Å². The van der Waals surface area contributed by atoms with E-state index in [2.05, 4.69) is 17.3 Å². The van der Waals surface area contributed by atoms with Gasteiger partial charge in [-0.3, -0.25) is 4.68 Å². The second-order valence-electron chi connectivity index (χ2n) is 4.73. The number of nitrogens with zero attached hydrogens (tertiary/aromatic N) is 2. The number of methoxy groups -OCH3 is 2. The molecule has 0 aliphatic heterocycles. The Morgan fingerprint density at radius 2 is 1.70 bits per heavy atom. The Balaban J connectivity index is 2.18. The average molecular weight is 275 g/mol. The first-order valence-electron chi connectivity index (χ1n) is 6.51. The van der Waals surface area contributed by atoms with E-state index in [1.54, 1.807) is 14.2 Å². The third-order valence-electron chi connectivity index (χ3n) is 3.48. The number of ether oxygens (including phenoxy) is 2. The zero-order valence-electron chi connectivity index (χ0n) is 12.7. The fraction of sp³-hybridized carbons (Fsp3) is 0.400. The highest BCUT2D eigenvalue weighted by Crippen LogP contribution is 2.26. The van der Waals surface area contributed by atoms with Gasteiger partial charge in [-0.1, -0.05) is 0 Å². The van der Waals surface area contributed by atoms with Crippen LogP contribution in [0.2, 0.25) is 0 Å². The largest absolute Gasteiger partial charge is 0.497 e. The predicted molar refractivity (Wildman–Crippen MR) is 79.6 cm³/mol. The molecule has 2 rings (SSSR count). The lowest BCUT2D eigenvalue weighted by molar-refractivity contribution is 0.394. The monoisotopic (exact) mass is 275 g/mol. The summed E-state index contributed by atoms with van der Waals surface area (Å²) in [5.74, 6) is 1.54. The highest BCUT2D eigenvalue weighted by Gasteiger charge is 2.09. The molecule has 1 heterocycles. The molecular formula is C15H21N3O2. The van der Waals surface area contributed by atoms with Crippen molar-refractivity contribution in [3.05, 3.63) is 35.2 Å². The normalized spacial score (nSPS) is 10.4. The fourth-order valence-corrected chi connectivity index (χ4v) is 2.17. The van der Waals surface area contributed by atoms with Gasteiger partial charge in [-0.05, 0) is 13.8 Å². The van der Waals surface area contributed by atoms with Crippen molar-refractivity contribution >= 4 is 5.69 Å². The van der Waals surface area contributed by atoms with E-state index in [0.29, 0.717) is 0 Å². The Hall–Kier alpha value is -2.17. The number of aromatic nitrogens is 2. The summed E-state index contributed by atoms with van der Waals surface area (Å²) in [6.07, 6.45) is 0. The van der Waals surface area contributed by atoms with Crippen LogP contribution in [0, 0.1) is 13.8 Å². The van der Waals surface area contributed by atoms with Gasteiger partial charge in [-0.25, -0.2) is 0 Å². The highest BCUT2D eigenvalue weighted by molar-refractivity contribution is 5.54. The minimum atomic E-state index is 0.724. The van der Waals surface area contributed by atoms with Crippen LogP contribution in [0.5, 0.6) is 11.5 Å². The summed E-state index contributed by atoms with van der Waals surface area (Å²) < 4.78 is 12.4. The van der Waals surface area contributed by atoms with E-state index in [-0.39, 0.29) is 0 Å². The highest BCUT2D eigenvalue weighted by atomic mass is 16.5. The number of nitrogens with one attached hydrogen (secondary N) is 1. The molecule has 5 nitrogen and oxygen atoms in total. The molecule has 0 atom stereocenters. The van der Waals surface area contributed by atoms with Gasteiger partial charge in [0.25, 0.3) is 0 Å². The molecule has 0 bridgehead atoms. The maximum atomic E-state index is 5.26. The number of benzene rings is 1. The van der Waals surface area contributed by atoms with Crippen LogP contribution in [-0.2, 0) is 13.6 Å². The Morgan fingerprint density at radius 1 is 1.10 bits per heavy atom. The number of rotatable bonds is 5. The van der Waals surface area contributed by atoms with Crippen LogP contribution in [-0.4, -0.2) is 24.0 Å². The van der Waals surface area contributed by atoms with Crippen LogP contribution in [0.15, 0.2) is 18.2 Å². The third-order valence-corrected chi connectivity index (χ3v) is 3.48. The summed E-state index contributed by atoms with van der Waals surface area (Å²) >= 11 is 0. The Bertz CT molecular complexity index is 583. The van der Waals surface area contributed by atoms with Crippen molar-refractivity contribution in [3.8, 4) is 11.5 Å². The second-order valence-corrected chi connectivity index (χ2v) is 4.73. The quantitative estimate of drug-likeness (QED) is 0.911. The van der Waals surface area contributed by atoms with Gasteiger partial charge in [-0.15, -0.1) is 0 Å². The third kappa shape index (κ3) is 2.87. The van der Waals surface area contributed by atoms with Gasteiger partial charge < -0.3 is 14.8 Å². The van der Waals surface area contributed by atoms with E-state index in [4.69, 9.17) is 9.47 Å². The van der Waals surface area contributed by atoms with E-state index >= 15 is 0 Å². The lowest BCUT2D eigenvalue weighted by atomic mass is 10.2. The summed E-state index contributed by atoms with van der Waals surface area (Å²) in [6, 6.07) is 5.75. The van der Waals surface area contributed by atoms with E-state index in [1.807, 2.05) is 36.9 Å². The Labute approximate surface area is 119 Å². The molecule has 0 aliphatic rings. The minimum absolute atomic E-state index is 0.724. The van der Waals surface area contributed by atoms with Gasteiger partial charge >= 0.3 is 0 Å². The predicted octanol–water partition coefficient (Wildman–Crippen LogP) is 2.67. The standard InChI is InChI=1S/C15H21N3O2/c1-10-15(11(2)18(3)17-10)9-16-12-6-13(19-4)8-14(7-12)20-5/h6-8,16H,9H2,1-5H3.